The van der Waals surface area contributed by atoms with Crippen LogP contribution in [0.2, 0.25) is 0 Å². The largest absolute Gasteiger partial charge is 0.496 e. The average molecular weight is 289 g/mol. The number of hydrogen-bond donors (Lipinski definition) is 1. The highest BCUT2D eigenvalue weighted by Crippen LogP contribution is 2.27. The van der Waals surface area contributed by atoms with Gasteiger partial charge in [-0.2, -0.15) is 0 Å². The summed E-state index contributed by atoms with van der Waals surface area (Å²) in [5.41, 5.74) is 8.15. The minimum atomic E-state index is 0.528. The Bertz CT molecular complexity index is 491. The Kier molecular flexibility index (Phi) is 4.48. The van der Waals surface area contributed by atoms with E-state index in [1.807, 2.05) is 0 Å². The number of benzene rings is 1. The number of rotatable bonds is 4. The molecule has 2 fully saturated rings. The predicted octanol–water partition coefficient (Wildman–Crippen LogP) is 1.82. The summed E-state index contributed by atoms with van der Waals surface area (Å²) in [7, 11) is 1.72. The van der Waals surface area contributed by atoms with Gasteiger partial charge in [-0.05, 0) is 37.9 Å². The molecular weight excluding hydrogens is 262 g/mol. The molecule has 2 atom stereocenters. The Labute approximate surface area is 127 Å². The van der Waals surface area contributed by atoms with Crippen molar-refractivity contribution in [3.8, 4) is 5.75 Å². The standard InChI is InChI=1S/C17H27N3O/c1-13-10-19-7-3-4-16(19)12-20(13)11-14-5-6-15(9-18)17(8-14)21-2/h5-6,8,13,16H,3-4,7,9-12,18H2,1-2H3. The minimum Gasteiger partial charge on any atom is -0.496 e. The SMILES string of the molecule is COc1cc(CN2CC3CCCN3CC2C)ccc1CN. The van der Waals surface area contributed by atoms with Crippen LogP contribution in [-0.2, 0) is 13.1 Å². The molecule has 0 aliphatic carbocycles. The molecular formula is C17H27N3O. The van der Waals surface area contributed by atoms with E-state index < -0.39 is 0 Å². The Hall–Kier alpha value is -1.10. The van der Waals surface area contributed by atoms with E-state index >= 15 is 0 Å². The van der Waals surface area contributed by atoms with E-state index in [4.69, 9.17) is 10.5 Å². The molecule has 2 N–H and O–H groups in total. The van der Waals surface area contributed by atoms with Gasteiger partial charge in [0, 0.05) is 43.8 Å². The van der Waals surface area contributed by atoms with Crippen molar-refractivity contribution in [2.75, 3.05) is 26.7 Å². The number of methoxy groups -OCH3 is 1. The maximum absolute atomic E-state index is 5.75. The summed E-state index contributed by atoms with van der Waals surface area (Å²) in [6, 6.07) is 7.84. The monoisotopic (exact) mass is 289 g/mol. The van der Waals surface area contributed by atoms with Crippen LogP contribution in [0.3, 0.4) is 0 Å². The summed E-state index contributed by atoms with van der Waals surface area (Å²) >= 11 is 0. The van der Waals surface area contributed by atoms with E-state index in [0.29, 0.717) is 12.6 Å². The fourth-order valence-electron chi connectivity index (χ4n) is 3.76. The second-order valence-corrected chi connectivity index (χ2v) is 6.42. The molecule has 4 heteroatoms. The topological polar surface area (TPSA) is 41.7 Å². The van der Waals surface area contributed by atoms with E-state index in [1.165, 1.54) is 38.0 Å². The molecule has 2 saturated heterocycles. The lowest BCUT2D eigenvalue weighted by atomic mass is 10.1. The third kappa shape index (κ3) is 3.07. The van der Waals surface area contributed by atoms with Gasteiger partial charge in [0.05, 0.1) is 7.11 Å². The molecule has 3 rings (SSSR count). The first-order chi connectivity index (χ1) is 10.2. The van der Waals surface area contributed by atoms with Gasteiger partial charge >= 0.3 is 0 Å². The zero-order valence-electron chi connectivity index (χ0n) is 13.2. The van der Waals surface area contributed by atoms with Crippen molar-refractivity contribution in [3.63, 3.8) is 0 Å². The van der Waals surface area contributed by atoms with Gasteiger partial charge in [0.15, 0.2) is 0 Å². The molecule has 116 valence electrons. The highest BCUT2D eigenvalue weighted by molar-refractivity contribution is 5.37. The van der Waals surface area contributed by atoms with Crippen molar-refractivity contribution in [2.24, 2.45) is 5.73 Å². The first-order valence-corrected chi connectivity index (χ1v) is 8.05. The van der Waals surface area contributed by atoms with Crippen molar-refractivity contribution in [1.29, 1.82) is 0 Å². The molecule has 2 unspecified atom stereocenters. The molecule has 0 radical (unpaired) electrons. The summed E-state index contributed by atoms with van der Waals surface area (Å²) in [6.45, 7) is 7.58. The van der Waals surface area contributed by atoms with Crippen LogP contribution in [0.15, 0.2) is 18.2 Å². The van der Waals surface area contributed by atoms with Crippen LogP contribution < -0.4 is 10.5 Å². The van der Waals surface area contributed by atoms with E-state index in [-0.39, 0.29) is 0 Å². The molecule has 2 heterocycles. The second kappa shape index (κ2) is 6.34. The quantitative estimate of drug-likeness (QED) is 0.918. The molecule has 1 aromatic carbocycles. The Morgan fingerprint density at radius 3 is 2.95 bits per heavy atom. The van der Waals surface area contributed by atoms with E-state index in [9.17, 15) is 0 Å². The summed E-state index contributed by atoms with van der Waals surface area (Å²) in [5.74, 6) is 0.919. The molecule has 0 saturated carbocycles. The molecule has 0 spiro atoms. The molecule has 21 heavy (non-hydrogen) atoms. The summed E-state index contributed by atoms with van der Waals surface area (Å²) < 4.78 is 5.46. The molecule has 0 amide bonds. The number of fused-ring (bicyclic) bond motifs is 1. The molecule has 1 aromatic rings. The Balaban J connectivity index is 1.70. The first kappa shape index (κ1) is 14.8. The van der Waals surface area contributed by atoms with Crippen LogP contribution in [0, 0.1) is 0 Å². The molecule has 2 aliphatic heterocycles. The number of piperazine rings is 1. The van der Waals surface area contributed by atoms with E-state index in [0.717, 1.165) is 23.9 Å². The average Bonchev–Trinajstić information content (AvgIpc) is 2.94. The Morgan fingerprint density at radius 2 is 2.19 bits per heavy atom. The molecule has 4 nitrogen and oxygen atoms in total. The fraction of sp³-hybridized carbons (Fsp3) is 0.647. The van der Waals surface area contributed by atoms with Gasteiger partial charge in [-0.15, -0.1) is 0 Å². The third-order valence-electron chi connectivity index (χ3n) is 5.02. The molecule has 0 aromatic heterocycles. The van der Waals surface area contributed by atoms with Crippen LogP contribution in [0.4, 0.5) is 0 Å². The van der Waals surface area contributed by atoms with Crippen LogP contribution in [0.5, 0.6) is 5.75 Å². The summed E-state index contributed by atoms with van der Waals surface area (Å²) in [4.78, 5) is 5.28. The van der Waals surface area contributed by atoms with E-state index in [1.54, 1.807) is 7.11 Å². The van der Waals surface area contributed by atoms with Gasteiger partial charge in [0.2, 0.25) is 0 Å². The highest BCUT2D eigenvalue weighted by Gasteiger charge is 2.34. The Morgan fingerprint density at radius 1 is 1.33 bits per heavy atom. The lowest BCUT2D eigenvalue weighted by Crippen LogP contribution is -2.54. The second-order valence-electron chi connectivity index (χ2n) is 6.42. The van der Waals surface area contributed by atoms with Crippen molar-refractivity contribution in [1.82, 2.24) is 9.80 Å². The van der Waals surface area contributed by atoms with Gasteiger partial charge in [-0.1, -0.05) is 12.1 Å². The first-order valence-electron chi connectivity index (χ1n) is 8.05. The van der Waals surface area contributed by atoms with Crippen molar-refractivity contribution in [3.05, 3.63) is 29.3 Å². The van der Waals surface area contributed by atoms with Crippen LogP contribution in [-0.4, -0.2) is 48.6 Å². The molecule has 2 aliphatic rings. The highest BCUT2D eigenvalue weighted by atomic mass is 16.5. The minimum absolute atomic E-state index is 0.528. The zero-order chi connectivity index (χ0) is 14.8. The summed E-state index contributed by atoms with van der Waals surface area (Å²) in [5, 5.41) is 0. The van der Waals surface area contributed by atoms with Gasteiger partial charge in [-0.3, -0.25) is 9.80 Å². The molecule has 0 bridgehead atoms. The third-order valence-corrected chi connectivity index (χ3v) is 5.02. The number of nitrogens with two attached hydrogens (primary N) is 1. The van der Waals surface area contributed by atoms with Crippen LogP contribution in [0.1, 0.15) is 30.9 Å². The summed E-state index contributed by atoms with van der Waals surface area (Å²) in [6.07, 6.45) is 2.73. The zero-order valence-corrected chi connectivity index (χ0v) is 13.2. The van der Waals surface area contributed by atoms with Gasteiger partial charge in [0.1, 0.15) is 5.75 Å². The van der Waals surface area contributed by atoms with Crippen molar-refractivity contribution in [2.45, 2.75) is 44.9 Å². The lowest BCUT2D eigenvalue weighted by molar-refractivity contribution is 0.0540. The van der Waals surface area contributed by atoms with Gasteiger partial charge in [-0.25, -0.2) is 0 Å². The predicted molar refractivity (Wildman–Crippen MR) is 85.4 cm³/mol. The van der Waals surface area contributed by atoms with E-state index in [2.05, 4.69) is 34.9 Å². The van der Waals surface area contributed by atoms with Crippen LogP contribution in [0.25, 0.3) is 0 Å². The lowest BCUT2D eigenvalue weighted by Gasteiger charge is -2.42. The smallest absolute Gasteiger partial charge is 0.123 e. The number of ether oxygens (including phenoxy) is 1. The van der Waals surface area contributed by atoms with Crippen molar-refractivity contribution >= 4 is 0 Å². The van der Waals surface area contributed by atoms with Crippen molar-refractivity contribution < 1.29 is 4.74 Å². The fourth-order valence-corrected chi connectivity index (χ4v) is 3.76. The van der Waals surface area contributed by atoms with Gasteiger partial charge < -0.3 is 10.5 Å². The van der Waals surface area contributed by atoms with Gasteiger partial charge in [0.25, 0.3) is 0 Å². The maximum atomic E-state index is 5.75. The number of nitrogens with zero attached hydrogens (tertiary/aromatic N) is 2. The van der Waals surface area contributed by atoms with Crippen LogP contribution >= 0.6 is 0 Å². The number of hydrogen-bond acceptors (Lipinski definition) is 4. The normalized spacial score (nSPS) is 26.8. The maximum Gasteiger partial charge on any atom is 0.123 e.